The minimum Gasteiger partial charge on any atom is -0.330 e. The first kappa shape index (κ1) is 11.9. The van der Waals surface area contributed by atoms with Crippen LogP contribution in [0.25, 0.3) is 0 Å². The minimum atomic E-state index is 0.501. The molecule has 2 aromatic rings. The molecular weight excluding hydrogens is 210 g/mol. The number of hydrogen-bond donors (Lipinski definition) is 1. The van der Waals surface area contributed by atoms with Crippen LogP contribution in [0.5, 0.6) is 0 Å². The lowest BCUT2D eigenvalue weighted by atomic mass is 10.1. The molecule has 2 N–H and O–H groups in total. The number of nitrogens with zero attached hydrogens (tertiary/aromatic N) is 2. The average Bonchev–Trinajstić information content (AvgIpc) is 2.64. The third-order valence-electron chi connectivity index (χ3n) is 3.07. The number of rotatable bonds is 3. The lowest BCUT2D eigenvalue weighted by Gasteiger charge is -2.09. The second kappa shape index (κ2) is 4.72. The predicted octanol–water partition coefficient (Wildman–Crippen LogP) is 2.32. The highest BCUT2D eigenvalue weighted by atomic mass is 15.1. The fraction of sp³-hybridized carbons (Fsp3) is 0.357. The monoisotopic (exact) mass is 229 g/mol. The summed E-state index contributed by atoms with van der Waals surface area (Å²) in [5.41, 5.74) is 10.5. The van der Waals surface area contributed by atoms with Gasteiger partial charge in [-0.2, -0.15) is 0 Å². The van der Waals surface area contributed by atoms with E-state index in [4.69, 9.17) is 5.73 Å². The van der Waals surface area contributed by atoms with Gasteiger partial charge in [0.2, 0.25) is 0 Å². The summed E-state index contributed by atoms with van der Waals surface area (Å²) in [6, 6.07) is 6.55. The van der Waals surface area contributed by atoms with Crippen molar-refractivity contribution in [2.24, 2.45) is 5.73 Å². The molecule has 0 aliphatic carbocycles. The van der Waals surface area contributed by atoms with Gasteiger partial charge in [0.05, 0.1) is 5.69 Å². The van der Waals surface area contributed by atoms with Crippen LogP contribution in [0.2, 0.25) is 0 Å². The number of benzene rings is 1. The lowest BCUT2D eigenvalue weighted by Crippen LogP contribution is -2.02. The Balaban J connectivity index is 2.27. The quantitative estimate of drug-likeness (QED) is 0.877. The molecule has 1 heterocycles. The van der Waals surface area contributed by atoms with Crippen molar-refractivity contribution in [1.29, 1.82) is 0 Å². The number of aryl methyl sites for hydroxylation is 3. The SMILES string of the molecule is Cc1ccc(Cn2cc(CN)nc2C)c(C)c1. The van der Waals surface area contributed by atoms with Crippen LogP contribution in [0.1, 0.15) is 28.2 Å². The fourth-order valence-electron chi connectivity index (χ4n) is 2.04. The minimum absolute atomic E-state index is 0.501. The van der Waals surface area contributed by atoms with E-state index >= 15 is 0 Å². The van der Waals surface area contributed by atoms with E-state index in [1.165, 1.54) is 16.7 Å². The summed E-state index contributed by atoms with van der Waals surface area (Å²) in [7, 11) is 0. The maximum absolute atomic E-state index is 5.60. The van der Waals surface area contributed by atoms with Crippen LogP contribution in [0.3, 0.4) is 0 Å². The third kappa shape index (κ3) is 2.56. The van der Waals surface area contributed by atoms with Gasteiger partial charge in [0.25, 0.3) is 0 Å². The Morgan fingerprint density at radius 1 is 1.24 bits per heavy atom. The van der Waals surface area contributed by atoms with E-state index in [0.717, 1.165) is 18.1 Å². The van der Waals surface area contributed by atoms with Crippen molar-refractivity contribution in [3.8, 4) is 0 Å². The summed E-state index contributed by atoms with van der Waals surface area (Å²) in [6.07, 6.45) is 2.04. The summed E-state index contributed by atoms with van der Waals surface area (Å²) < 4.78 is 2.15. The van der Waals surface area contributed by atoms with Gasteiger partial charge >= 0.3 is 0 Å². The van der Waals surface area contributed by atoms with Gasteiger partial charge in [-0.25, -0.2) is 4.98 Å². The van der Waals surface area contributed by atoms with Crippen molar-refractivity contribution in [2.75, 3.05) is 0 Å². The Kier molecular flexibility index (Phi) is 3.29. The second-order valence-corrected chi connectivity index (χ2v) is 4.54. The molecule has 1 aromatic heterocycles. The molecule has 3 heteroatoms. The van der Waals surface area contributed by atoms with Crippen LogP contribution in [-0.2, 0) is 13.1 Å². The van der Waals surface area contributed by atoms with Crippen molar-refractivity contribution in [3.05, 3.63) is 52.6 Å². The normalized spacial score (nSPS) is 10.8. The van der Waals surface area contributed by atoms with E-state index in [9.17, 15) is 0 Å². The molecule has 0 aliphatic heterocycles. The van der Waals surface area contributed by atoms with Crippen molar-refractivity contribution in [2.45, 2.75) is 33.9 Å². The van der Waals surface area contributed by atoms with E-state index in [1.807, 2.05) is 13.1 Å². The first-order chi connectivity index (χ1) is 8.10. The van der Waals surface area contributed by atoms with Crippen molar-refractivity contribution < 1.29 is 0 Å². The Bertz CT molecular complexity index is 526. The number of aromatic nitrogens is 2. The summed E-state index contributed by atoms with van der Waals surface area (Å²) >= 11 is 0. The van der Waals surface area contributed by atoms with Gasteiger partial charge in [-0.1, -0.05) is 23.8 Å². The number of nitrogens with two attached hydrogens (primary N) is 1. The van der Waals surface area contributed by atoms with Gasteiger partial charge in [0, 0.05) is 19.3 Å². The molecule has 3 nitrogen and oxygen atoms in total. The largest absolute Gasteiger partial charge is 0.330 e. The highest BCUT2D eigenvalue weighted by molar-refractivity contribution is 5.30. The van der Waals surface area contributed by atoms with Crippen LogP contribution < -0.4 is 5.73 Å². The zero-order valence-corrected chi connectivity index (χ0v) is 10.7. The smallest absolute Gasteiger partial charge is 0.106 e. The standard InChI is InChI=1S/C14H19N3/c1-10-4-5-13(11(2)6-10)8-17-9-14(7-15)16-12(17)3/h4-6,9H,7-8,15H2,1-3H3. The first-order valence-electron chi connectivity index (χ1n) is 5.89. The molecule has 0 fully saturated rings. The second-order valence-electron chi connectivity index (χ2n) is 4.54. The molecular formula is C14H19N3. The molecule has 90 valence electrons. The maximum Gasteiger partial charge on any atom is 0.106 e. The van der Waals surface area contributed by atoms with Crippen LogP contribution in [0.4, 0.5) is 0 Å². The van der Waals surface area contributed by atoms with Crippen molar-refractivity contribution in [1.82, 2.24) is 9.55 Å². The molecule has 0 amide bonds. The van der Waals surface area contributed by atoms with Crippen LogP contribution in [0, 0.1) is 20.8 Å². The van der Waals surface area contributed by atoms with Crippen LogP contribution in [-0.4, -0.2) is 9.55 Å². The molecule has 0 bridgehead atoms. The highest BCUT2D eigenvalue weighted by Crippen LogP contribution is 2.13. The van der Waals surface area contributed by atoms with Gasteiger partial charge in [-0.15, -0.1) is 0 Å². The predicted molar refractivity (Wildman–Crippen MR) is 69.9 cm³/mol. The average molecular weight is 229 g/mol. The highest BCUT2D eigenvalue weighted by Gasteiger charge is 2.05. The fourth-order valence-corrected chi connectivity index (χ4v) is 2.04. The molecule has 1 aromatic carbocycles. The number of hydrogen-bond acceptors (Lipinski definition) is 2. The molecule has 0 atom stereocenters. The van der Waals surface area contributed by atoms with Crippen LogP contribution >= 0.6 is 0 Å². The van der Waals surface area contributed by atoms with E-state index in [-0.39, 0.29) is 0 Å². The molecule has 0 radical (unpaired) electrons. The Morgan fingerprint density at radius 3 is 2.59 bits per heavy atom. The molecule has 0 saturated carbocycles. The summed E-state index contributed by atoms with van der Waals surface area (Å²) in [4.78, 5) is 4.41. The van der Waals surface area contributed by atoms with E-state index in [2.05, 4.69) is 41.6 Å². The summed E-state index contributed by atoms with van der Waals surface area (Å²) in [6.45, 7) is 7.65. The van der Waals surface area contributed by atoms with Crippen molar-refractivity contribution >= 4 is 0 Å². The van der Waals surface area contributed by atoms with Gasteiger partial charge in [0.1, 0.15) is 5.82 Å². The third-order valence-corrected chi connectivity index (χ3v) is 3.07. The maximum atomic E-state index is 5.60. The van der Waals surface area contributed by atoms with E-state index in [0.29, 0.717) is 6.54 Å². The molecule has 0 unspecified atom stereocenters. The molecule has 0 aliphatic rings. The zero-order valence-electron chi connectivity index (χ0n) is 10.7. The van der Waals surface area contributed by atoms with Gasteiger partial charge in [-0.05, 0) is 31.9 Å². The number of imidazole rings is 1. The molecule has 0 spiro atoms. The Morgan fingerprint density at radius 2 is 2.00 bits per heavy atom. The van der Waals surface area contributed by atoms with Crippen molar-refractivity contribution in [3.63, 3.8) is 0 Å². The van der Waals surface area contributed by atoms with E-state index < -0.39 is 0 Å². The molecule has 2 rings (SSSR count). The molecule has 0 saturated heterocycles. The van der Waals surface area contributed by atoms with E-state index in [1.54, 1.807) is 0 Å². The van der Waals surface area contributed by atoms with Gasteiger partial charge in [0.15, 0.2) is 0 Å². The zero-order chi connectivity index (χ0) is 12.4. The Labute approximate surface area is 102 Å². The topological polar surface area (TPSA) is 43.8 Å². The van der Waals surface area contributed by atoms with Gasteiger partial charge in [-0.3, -0.25) is 0 Å². The molecule has 17 heavy (non-hydrogen) atoms. The lowest BCUT2D eigenvalue weighted by molar-refractivity contribution is 0.757. The first-order valence-corrected chi connectivity index (χ1v) is 5.89. The van der Waals surface area contributed by atoms with Crippen LogP contribution in [0.15, 0.2) is 24.4 Å². The summed E-state index contributed by atoms with van der Waals surface area (Å²) in [5, 5.41) is 0. The van der Waals surface area contributed by atoms with Gasteiger partial charge < -0.3 is 10.3 Å². The Hall–Kier alpha value is -1.61. The summed E-state index contributed by atoms with van der Waals surface area (Å²) in [5.74, 6) is 1.02.